The lowest BCUT2D eigenvalue weighted by Gasteiger charge is -2.34. The lowest BCUT2D eigenvalue weighted by molar-refractivity contribution is -0.127. The summed E-state index contributed by atoms with van der Waals surface area (Å²) in [5.41, 5.74) is 1.91. The molecule has 2 heterocycles. The van der Waals surface area contributed by atoms with Crippen molar-refractivity contribution in [2.24, 2.45) is 0 Å². The van der Waals surface area contributed by atoms with Crippen molar-refractivity contribution in [3.05, 3.63) is 41.7 Å². The van der Waals surface area contributed by atoms with Gasteiger partial charge in [-0.1, -0.05) is 25.1 Å². The van der Waals surface area contributed by atoms with E-state index in [1.165, 1.54) is 0 Å². The summed E-state index contributed by atoms with van der Waals surface area (Å²) in [7, 11) is 4.05. The third-order valence-electron chi connectivity index (χ3n) is 5.01. The first kappa shape index (κ1) is 16.8. The maximum absolute atomic E-state index is 12.5. The molecule has 1 amide bonds. The van der Waals surface area contributed by atoms with Crippen LogP contribution < -0.4 is 0 Å². The van der Waals surface area contributed by atoms with E-state index in [9.17, 15) is 4.79 Å². The number of carbonyl (C=O) groups excluding carboxylic acids is 1. The summed E-state index contributed by atoms with van der Waals surface area (Å²) in [6.45, 7) is 4.18. The van der Waals surface area contributed by atoms with Crippen LogP contribution in [0.15, 0.2) is 34.8 Å². The second kappa shape index (κ2) is 7.22. The minimum absolute atomic E-state index is 0.0666. The van der Waals surface area contributed by atoms with E-state index in [1.54, 1.807) is 6.08 Å². The second-order valence-electron chi connectivity index (χ2n) is 6.61. The molecule has 0 atom stereocenters. The summed E-state index contributed by atoms with van der Waals surface area (Å²) in [5.74, 6) is 0.999. The van der Waals surface area contributed by atoms with Crippen LogP contribution in [-0.2, 0) is 11.2 Å². The highest BCUT2D eigenvalue weighted by Crippen LogP contribution is 2.27. The number of piperidine rings is 1. The molecule has 1 aromatic carbocycles. The van der Waals surface area contributed by atoms with Gasteiger partial charge in [0.2, 0.25) is 5.91 Å². The van der Waals surface area contributed by atoms with E-state index in [0.717, 1.165) is 54.6 Å². The molecule has 1 saturated heterocycles. The van der Waals surface area contributed by atoms with Crippen LogP contribution in [0.1, 0.15) is 31.1 Å². The highest BCUT2D eigenvalue weighted by molar-refractivity contribution is 5.96. The number of benzene rings is 1. The standard InChI is InChI=1S/C20H26N2O2/c1-4-18-17(16-7-5-6-8-19(16)24-18)9-10-20(23)22(3)15-11-13-21(2)14-12-15/h5-10,15H,4,11-14H2,1-3H3/b10-9+. The molecule has 24 heavy (non-hydrogen) atoms. The number of amides is 1. The fourth-order valence-corrected chi connectivity index (χ4v) is 3.40. The van der Waals surface area contributed by atoms with E-state index in [4.69, 9.17) is 4.42 Å². The molecule has 1 aliphatic heterocycles. The average molecular weight is 326 g/mol. The smallest absolute Gasteiger partial charge is 0.246 e. The first-order chi connectivity index (χ1) is 11.6. The summed E-state index contributed by atoms with van der Waals surface area (Å²) in [6, 6.07) is 8.32. The van der Waals surface area contributed by atoms with E-state index in [2.05, 4.69) is 18.9 Å². The van der Waals surface area contributed by atoms with Crippen LogP contribution in [0.4, 0.5) is 0 Å². The molecule has 128 valence electrons. The van der Waals surface area contributed by atoms with E-state index in [0.29, 0.717) is 6.04 Å². The van der Waals surface area contributed by atoms with Crippen molar-refractivity contribution in [2.45, 2.75) is 32.2 Å². The third-order valence-corrected chi connectivity index (χ3v) is 5.01. The summed E-state index contributed by atoms with van der Waals surface area (Å²) < 4.78 is 5.89. The summed E-state index contributed by atoms with van der Waals surface area (Å²) >= 11 is 0. The molecule has 0 unspecified atom stereocenters. The fraction of sp³-hybridized carbons (Fsp3) is 0.450. The number of likely N-dealkylation sites (tertiary alicyclic amines) is 1. The molecule has 0 saturated carbocycles. The number of hydrogen-bond acceptors (Lipinski definition) is 3. The van der Waals surface area contributed by atoms with Gasteiger partial charge in [0, 0.05) is 36.5 Å². The van der Waals surface area contributed by atoms with Crippen LogP contribution in [0.2, 0.25) is 0 Å². The quantitative estimate of drug-likeness (QED) is 0.806. The van der Waals surface area contributed by atoms with Crippen molar-refractivity contribution >= 4 is 23.0 Å². The van der Waals surface area contributed by atoms with Gasteiger partial charge in [0.15, 0.2) is 0 Å². The van der Waals surface area contributed by atoms with Crippen LogP contribution in [-0.4, -0.2) is 48.9 Å². The second-order valence-corrected chi connectivity index (χ2v) is 6.61. The van der Waals surface area contributed by atoms with Gasteiger partial charge in [-0.3, -0.25) is 4.79 Å². The molecule has 0 radical (unpaired) electrons. The van der Waals surface area contributed by atoms with Crippen molar-refractivity contribution in [1.29, 1.82) is 0 Å². The number of para-hydroxylation sites is 1. The lowest BCUT2D eigenvalue weighted by Crippen LogP contribution is -2.43. The SMILES string of the molecule is CCc1oc2ccccc2c1/C=C/C(=O)N(C)C1CCN(C)CC1. The number of hydrogen-bond donors (Lipinski definition) is 0. The van der Waals surface area contributed by atoms with Crippen molar-refractivity contribution in [3.63, 3.8) is 0 Å². The lowest BCUT2D eigenvalue weighted by atomic mass is 10.0. The molecule has 1 aromatic heterocycles. The number of furan rings is 1. The normalized spacial score (nSPS) is 17.0. The maximum Gasteiger partial charge on any atom is 0.246 e. The van der Waals surface area contributed by atoms with Crippen LogP contribution in [0.3, 0.4) is 0 Å². The van der Waals surface area contributed by atoms with Crippen molar-refractivity contribution < 1.29 is 9.21 Å². The summed E-state index contributed by atoms with van der Waals surface area (Å²) in [4.78, 5) is 16.8. The molecule has 1 fully saturated rings. The van der Waals surface area contributed by atoms with E-state index >= 15 is 0 Å². The minimum atomic E-state index is 0.0666. The van der Waals surface area contributed by atoms with Gasteiger partial charge < -0.3 is 14.2 Å². The molecule has 0 spiro atoms. The molecule has 4 nitrogen and oxygen atoms in total. The number of nitrogens with zero attached hydrogens (tertiary/aromatic N) is 2. The van der Waals surface area contributed by atoms with Gasteiger partial charge in [0.1, 0.15) is 11.3 Å². The summed E-state index contributed by atoms with van der Waals surface area (Å²) in [5, 5.41) is 1.07. The van der Waals surface area contributed by atoms with Crippen molar-refractivity contribution in [3.8, 4) is 0 Å². The van der Waals surface area contributed by atoms with Gasteiger partial charge in [0.05, 0.1) is 0 Å². The first-order valence-electron chi connectivity index (χ1n) is 8.74. The average Bonchev–Trinajstić information content (AvgIpc) is 2.97. The Labute approximate surface area is 143 Å². The van der Waals surface area contributed by atoms with Crippen molar-refractivity contribution in [2.75, 3.05) is 27.2 Å². The fourth-order valence-electron chi connectivity index (χ4n) is 3.40. The van der Waals surface area contributed by atoms with Gasteiger partial charge >= 0.3 is 0 Å². The highest BCUT2D eigenvalue weighted by atomic mass is 16.3. The Balaban J connectivity index is 1.76. The van der Waals surface area contributed by atoms with Crippen molar-refractivity contribution in [1.82, 2.24) is 9.80 Å². The molecule has 0 aliphatic carbocycles. The maximum atomic E-state index is 12.5. The molecule has 4 heteroatoms. The zero-order chi connectivity index (χ0) is 17.1. The number of aryl methyl sites for hydroxylation is 1. The van der Waals surface area contributed by atoms with Crippen LogP contribution in [0, 0.1) is 0 Å². The van der Waals surface area contributed by atoms with E-state index < -0.39 is 0 Å². The molecule has 0 N–H and O–H groups in total. The van der Waals surface area contributed by atoms with Gasteiger partial charge in [-0.05, 0) is 45.1 Å². The predicted molar refractivity (Wildman–Crippen MR) is 97.9 cm³/mol. The molecule has 0 bridgehead atoms. The van der Waals surface area contributed by atoms with E-state index in [-0.39, 0.29) is 5.91 Å². The largest absolute Gasteiger partial charge is 0.460 e. The first-order valence-corrected chi connectivity index (χ1v) is 8.74. The number of carbonyl (C=O) groups is 1. The predicted octanol–water partition coefficient (Wildman–Crippen LogP) is 3.56. The molecule has 3 rings (SSSR count). The minimum Gasteiger partial charge on any atom is -0.460 e. The van der Waals surface area contributed by atoms with Crippen LogP contribution in [0.5, 0.6) is 0 Å². The number of likely N-dealkylation sites (N-methyl/N-ethyl adjacent to an activating group) is 1. The van der Waals surface area contributed by atoms with Gasteiger partial charge in [-0.2, -0.15) is 0 Å². The topological polar surface area (TPSA) is 36.7 Å². The monoisotopic (exact) mass is 326 g/mol. The van der Waals surface area contributed by atoms with E-state index in [1.807, 2.05) is 42.3 Å². The van der Waals surface area contributed by atoms with Gasteiger partial charge in [-0.25, -0.2) is 0 Å². The highest BCUT2D eigenvalue weighted by Gasteiger charge is 2.22. The zero-order valence-corrected chi connectivity index (χ0v) is 14.8. The molecular formula is C20H26N2O2. The number of fused-ring (bicyclic) bond motifs is 1. The Bertz CT molecular complexity index is 739. The Morgan fingerprint density at radius 2 is 2.04 bits per heavy atom. The van der Waals surface area contributed by atoms with Gasteiger partial charge in [0.25, 0.3) is 0 Å². The molecule has 2 aromatic rings. The van der Waals surface area contributed by atoms with Crippen LogP contribution >= 0.6 is 0 Å². The Hall–Kier alpha value is -2.07. The Kier molecular flexibility index (Phi) is 5.05. The molecule has 1 aliphatic rings. The summed E-state index contributed by atoms with van der Waals surface area (Å²) in [6.07, 6.45) is 6.50. The number of rotatable bonds is 4. The Morgan fingerprint density at radius 1 is 1.33 bits per heavy atom. The van der Waals surface area contributed by atoms with Gasteiger partial charge in [-0.15, -0.1) is 0 Å². The third kappa shape index (κ3) is 3.39. The zero-order valence-electron chi connectivity index (χ0n) is 14.8. The molecular weight excluding hydrogens is 300 g/mol. The van der Waals surface area contributed by atoms with Crippen LogP contribution in [0.25, 0.3) is 17.0 Å². The Morgan fingerprint density at radius 3 is 2.75 bits per heavy atom.